The summed E-state index contributed by atoms with van der Waals surface area (Å²) in [6.45, 7) is 9.09. The van der Waals surface area contributed by atoms with Gasteiger partial charge in [-0.25, -0.2) is 33.8 Å². The van der Waals surface area contributed by atoms with Crippen LogP contribution in [0.25, 0.3) is 10.9 Å². The molecule has 382 valence electrons. The van der Waals surface area contributed by atoms with Crippen LogP contribution in [0.2, 0.25) is 0 Å². The van der Waals surface area contributed by atoms with Crippen LogP contribution in [-0.4, -0.2) is 161 Å². The van der Waals surface area contributed by atoms with Gasteiger partial charge < -0.3 is 69.0 Å². The average molecular weight is 966 g/mol. The maximum absolute atomic E-state index is 11.1. The molecule has 21 nitrogen and oxygen atoms in total. The first-order chi connectivity index (χ1) is 32.1. The van der Waals surface area contributed by atoms with Crippen LogP contribution in [0.1, 0.15) is 64.3 Å². The second kappa shape index (κ2) is 36.8. The Morgan fingerprint density at radius 1 is 0.544 bits per heavy atom. The molecule has 6 unspecified atom stereocenters. The molecule has 0 fully saturated rings. The minimum absolute atomic E-state index is 0.0718. The zero-order valence-corrected chi connectivity index (χ0v) is 40.6. The predicted octanol–water partition coefficient (Wildman–Crippen LogP) is 2.17. The molecular weight excluding hydrogens is 895 g/mol. The van der Waals surface area contributed by atoms with Gasteiger partial charge in [-0.3, -0.25) is 0 Å². The number of aliphatic hydroxyl groups excluding tert-OH is 6. The first kappa shape index (κ1) is 63.9. The Bertz CT molecular complexity index is 1990. The van der Waals surface area contributed by atoms with Crippen LogP contribution in [0.4, 0.5) is 0 Å². The predicted molar refractivity (Wildman–Crippen MR) is 247 cm³/mol. The normalized spacial score (nSPS) is 12.8. The van der Waals surface area contributed by atoms with Crippen molar-refractivity contribution in [3.63, 3.8) is 0 Å². The van der Waals surface area contributed by atoms with Gasteiger partial charge in [-0.2, -0.15) is 0 Å². The Kier molecular flexibility index (Phi) is 34.6. The number of methoxy groups -OCH3 is 6. The van der Waals surface area contributed by atoms with Crippen molar-refractivity contribution in [3.8, 4) is 0 Å². The maximum atomic E-state index is 11.1. The highest BCUT2D eigenvalue weighted by Crippen LogP contribution is 2.19. The Morgan fingerprint density at radius 2 is 0.985 bits per heavy atom. The quantitative estimate of drug-likeness (QED) is 0.0589. The summed E-state index contributed by atoms with van der Waals surface area (Å²) in [5.41, 5.74) is 3.52. The fourth-order valence-electron chi connectivity index (χ4n) is 4.98. The van der Waals surface area contributed by atoms with Crippen LogP contribution in [0, 0.1) is 11.8 Å². The van der Waals surface area contributed by atoms with E-state index >= 15 is 0 Å². The van der Waals surface area contributed by atoms with Gasteiger partial charge in [-0.05, 0) is 41.9 Å². The molecule has 0 aliphatic carbocycles. The van der Waals surface area contributed by atoms with Gasteiger partial charge in [-0.1, -0.05) is 83.1 Å². The summed E-state index contributed by atoms with van der Waals surface area (Å²) in [6, 6.07) is 17.1. The molecule has 68 heavy (non-hydrogen) atoms. The summed E-state index contributed by atoms with van der Waals surface area (Å²) in [6.07, 6.45) is 0.311. The number of H-pyrrole nitrogens is 2. The number of esters is 6. The summed E-state index contributed by atoms with van der Waals surface area (Å²) >= 11 is 0. The standard InChI is InChI=1S/C12H13NO3.C10H12O3.C7H10N2O3.C7H14O3.C6H12O3.C5H10O3/c1-16-12(15)11(14)6-8-7-13-10-5-3-2-4-9(8)10;1-13-10(12)9(11)7-8-5-3-2-4-6-8;1-12-7(11)6(10)2-5-3-8-4-9-5;1-5(2)4-6(8)7(9)10-3;1-4(2)5(7)6(8)9-3;1-3-4(6)5(7)8-2/h2-5,7,11,13-14H,6H2,1H3;2-6,9,11H,7H2,1H3;3-4,6,10H,2H2,1H3,(H,8,9);5-6,8H,4H2,1-3H3;4-5,7H,1-3H3;4,6H,3H2,1-2H3. The number of nitrogens with one attached hydrogen (secondary N) is 2. The van der Waals surface area contributed by atoms with Gasteiger partial charge in [0.25, 0.3) is 0 Å². The van der Waals surface area contributed by atoms with Crippen molar-refractivity contribution in [1.29, 1.82) is 0 Å². The van der Waals surface area contributed by atoms with Crippen molar-refractivity contribution in [3.05, 3.63) is 90.1 Å². The number of rotatable bonds is 16. The molecule has 8 N–H and O–H groups in total. The van der Waals surface area contributed by atoms with Crippen LogP contribution < -0.4 is 0 Å². The van der Waals surface area contributed by atoms with Crippen LogP contribution in [-0.2, 0) is 76.5 Å². The Balaban J connectivity index is 0. The van der Waals surface area contributed by atoms with Crippen LogP contribution in [0.3, 0.4) is 0 Å². The van der Waals surface area contributed by atoms with E-state index < -0.39 is 72.4 Å². The number of hydrogen-bond acceptors (Lipinski definition) is 19. The molecule has 4 aromatic rings. The number of fused-ring (bicyclic) bond motifs is 1. The molecular formula is C47H71N3O18. The van der Waals surface area contributed by atoms with Crippen molar-refractivity contribution in [2.24, 2.45) is 11.8 Å². The average Bonchev–Trinajstić information content (AvgIpc) is 4.02. The molecule has 0 saturated heterocycles. The number of carbonyl (C=O) groups is 6. The third-order valence-electron chi connectivity index (χ3n) is 8.85. The largest absolute Gasteiger partial charge is 0.467 e. The monoisotopic (exact) mass is 965 g/mol. The minimum Gasteiger partial charge on any atom is -0.467 e. The fraction of sp³-hybridized carbons (Fsp3) is 0.511. The lowest BCUT2D eigenvalue weighted by atomic mass is 10.1. The lowest BCUT2D eigenvalue weighted by molar-refractivity contribution is -0.153. The zero-order chi connectivity index (χ0) is 52.4. The number of aliphatic hydroxyl groups is 6. The van der Waals surface area contributed by atoms with E-state index in [9.17, 15) is 39.0 Å². The summed E-state index contributed by atoms with van der Waals surface area (Å²) in [5, 5.41) is 55.6. The number of benzene rings is 2. The topological polar surface area (TPSA) is 324 Å². The van der Waals surface area contributed by atoms with Crippen LogP contribution in [0.15, 0.2) is 73.3 Å². The maximum Gasteiger partial charge on any atom is 0.335 e. The van der Waals surface area contributed by atoms with Gasteiger partial charge in [0, 0.05) is 48.3 Å². The number of imidazole rings is 1. The Labute approximate surface area is 396 Å². The second-order valence-corrected chi connectivity index (χ2v) is 15.0. The number of ether oxygens (including phenoxy) is 6. The van der Waals surface area contributed by atoms with Crippen molar-refractivity contribution < 1.29 is 87.8 Å². The van der Waals surface area contributed by atoms with E-state index in [1.165, 1.54) is 49.0 Å². The molecule has 0 amide bonds. The molecule has 0 saturated carbocycles. The van der Waals surface area contributed by atoms with E-state index in [2.05, 4.69) is 43.4 Å². The molecule has 2 aromatic carbocycles. The number of para-hydroxylation sites is 1. The lowest BCUT2D eigenvalue weighted by Crippen LogP contribution is -2.26. The van der Waals surface area contributed by atoms with E-state index in [0.29, 0.717) is 30.9 Å². The molecule has 0 spiro atoms. The lowest BCUT2D eigenvalue weighted by Gasteiger charge is -2.10. The third-order valence-corrected chi connectivity index (χ3v) is 8.85. The van der Waals surface area contributed by atoms with Gasteiger partial charge in [0.2, 0.25) is 0 Å². The molecule has 4 rings (SSSR count). The number of aromatic nitrogens is 3. The van der Waals surface area contributed by atoms with Crippen LogP contribution >= 0.6 is 0 Å². The SMILES string of the molecule is CCC(O)C(=O)OC.COC(=O)C(O)C(C)C.COC(=O)C(O)CC(C)C.COC(=O)C(O)Cc1c[nH]c2ccccc12.COC(=O)C(O)Cc1ccccc1.COC(=O)C(O)Cc1cnc[nH]1. The molecule has 0 aliphatic heterocycles. The van der Waals surface area contributed by atoms with E-state index in [1.807, 2.05) is 68.4 Å². The summed E-state index contributed by atoms with van der Waals surface area (Å²) in [4.78, 5) is 73.6. The first-order valence-electron chi connectivity index (χ1n) is 21.2. The molecule has 0 radical (unpaired) electrons. The summed E-state index contributed by atoms with van der Waals surface area (Å²) < 4.78 is 26.0. The smallest absolute Gasteiger partial charge is 0.335 e. The highest BCUT2D eigenvalue weighted by Gasteiger charge is 2.20. The number of hydrogen-bond donors (Lipinski definition) is 8. The Morgan fingerprint density at radius 3 is 1.40 bits per heavy atom. The molecule has 0 bridgehead atoms. The zero-order valence-electron chi connectivity index (χ0n) is 40.6. The van der Waals surface area contributed by atoms with Crippen molar-refractivity contribution in [1.82, 2.24) is 15.0 Å². The van der Waals surface area contributed by atoms with Crippen molar-refractivity contribution in [2.75, 3.05) is 42.7 Å². The van der Waals surface area contributed by atoms with E-state index in [0.717, 1.165) is 22.0 Å². The van der Waals surface area contributed by atoms with E-state index in [1.54, 1.807) is 33.2 Å². The molecule has 0 aliphatic rings. The van der Waals surface area contributed by atoms with Gasteiger partial charge in [0.05, 0.1) is 49.0 Å². The van der Waals surface area contributed by atoms with E-state index in [4.69, 9.17) is 20.4 Å². The number of carbonyl (C=O) groups excluding carboxylic acids is 6. The van der Waals surface area contributed by atoms with Gasteiger partial charge >= 0.3 is 35.8 Å². The van der Waals surface area contributed by atoms with Crippen LogP contribution in [0.5, 0.6) is 0 Å². The summed E-state index contributed by atoms with van der Waals surface area (Å²) in [7, 11) is 7.54. The third kappa shape index (κ3) is 27.4. The second-order valence-electron chi connectivity index (χ2n) is 15.0. The van der Waals surface area contributed by atoms with Gasteiger partial charge in [-0.15, -0.1) is 0 Å². The molecule has 2 heterocycles. The fourth-order valence-corrected chi connectivity index (χ4v) is 4.98. The highest BCUT2D eigenvalue weighted by atomic mass is 16.6. The first-order valence-corrected chi connectivity index (χ1v) is 21.2. The number of nitrogens with zero attached hydrogens (tertiary/aromatic N) is 1. The van der Waals surface area contributed by atoms with Crippen molar-refractivity contribution >= 4 is 46.7 Å². The van der Waals surface area contributed by atoms with Crippen molar-refractivity contribution in [2.45, 2.75) is 103 Å². The van der Waals surface area contributed by atoms with Gasteiger partial charge in [0.15, 0.2) is 36.6 Å². The summed E-state index contributed by atoms with van der Waals surface area (Å²) in [5.74, 6) is -3.27. The molecule has 2 aromatic heterocycles. The highest BCUT2D eigenvalue weighted by molar-refractivity contribution is 5.84. The Hall–Kier alpha value is -6.23. The molecule has 6 atom stereocenters. The minimum atomic E-state index is -1.12. The van der Waals surface area contributed by atoms with Gasteiger partial charge in [0.1, 0.15) is 0 Å². The molecule has 21 heteroatoms. The number of aromatic amines is 2. The van der Waals surface area contributed by atoms with E-state index in [-0.39, 0.29) is 18.8 Å².